The van der Waals surface area contributed by atoms with E-state index in [0.717, 1.165) is 18.8 Å². The molecule has 0 heterocycles. The zero-order valence-electron chi connectivity index (χ0n) is 10.3. The first kappa shape index (κ1) is 12.2. The molecule has 0 aromatic heterocycles. The van der Waals surface area contributed by atoms with Crippen LogP contribution in [0.4, 0.5) is 10.1 Å². The minimum atomic E-state index is -0.359. The van der Waals surface area contributed by atoms with Gasteiger partial charge in [-0.3, -0.25) is 0 Å². The van der Waals surface area contributed by atoms with Crippen molar-refractivity contribution in [1.82, 2.24) is 0 Å². The first-order valence-electron chi connectivity index (χ1n) is 6.40. The van der Waals surface area contributed by atoms with Gasteiger partial charge < -0.3 is 10.5 Å². The lowest BCUT2D eigenvalue weighted by Crippen LogP contribution is -2.24. The van der Waals surface area contributed by atoms with Gasteiger partial charge in [-0.1, -0.05) is 13.3 Å². The van der Waals surface area contributed by atoms with E-state index in [0.29, 0.717) is 11.4 Å². The van der Waals surface area contributed by atoms with Gasteiger partial charge in [-0.05, 0) is 43.7 Å². The Morgan fingerprint density at radius 1 is 1.29 bits per heavy atom. The highest BCUT2D eigenvalue weighted by molar-refractivity contribution is 5.42. The molecule has 2 N–H and O–H groups in total. The number of benzene rings is 1. The van der Waals surface area contributed by atoms with E-state index in [9.17, 15) is 4.39 Å². The standard InChI is InChI=1S/C14H20FNO/c1-2-10-3-6-12(7-4-10)17-14-8-5-11(16)9-13(14)15/h5,8-10,12H,2-4,6-7,16H2,1H3. The Hall–Kier alpha value is -1.25. The minimum Gasteiger partial charge on any atom is -0.487 e. The predicted octanol–water partition coefficient (Wildman–Crippen LogP) is 3.76. The normalized spacial score (nSPS) is 24.6. The number of anilines is 1. The summed E-state index contributed by atoms with van der Waals surface area (Å²) in [7, 11) is 0. The Kier molecular flexibility index (Phi) is 3.87. The van der Waals surface area contributed by atoms with E-state index in [2.05, 4.69) is 6.92 Å². The van der Waals surface area contributed by atoms with Crippen LogP contribution in [0.25, 0.3) is 0 Å². The maximum Gasteiger partial charge on any atom is 0.167 e. The second kappa shape index (κ2) is 5.39. The van der Waals surface area contributed by atoms with Gasteiger partial charge in [0.05, 0.1) is 6.10 Å². The highest BCUT2D eigenvalue weighted by Gasteiger charge is 2.21. The van der Waals surface area contributed by atoms with Crippen LogP contribution in [-0.4, -0.2) is 6.10 Å². The van der Waals surface area contributed by atoms with Gasteiger partial charge in [0.15, 0.2) is 11.6 Å². The molecule has 1 saturated carbocycles. The number of rotatable bonds is 3. The van der Waals surface area contributed by atoms with Gasteiger partial charge in [-0.2, -0.15) is 0 Å². The summed E-state index contributed by atoms with van der Waals surface area (Å²) in [6.07, 6.45) is 5.85. The quantitative estimate of drug-likeness (QED) is 0.812. The Balaban J connectivity index is 1.93. The van der Waals surface area contributed by atoms with Crippen molar-refractivity contribution in [3.05, 3.63) is 24.0 Å². The summed E-state index contributed by atoms with van der Waals surface area (Å²) in [6, 6.07) is 4.61. The Bertz CT molecular complexity index is 372. The molecule has 1 aliphatic rings. The predicted molar refractivity (Wildman–Crippen MR) is 67.5 cm³/mol. The molecule has 1 aliphatic carbocycles. The van der Waals surface area contributed by atoms with E-state index in [1.165, 1.54) is 25.3 Å². The minimum absolute atomic E-state index is 0.163. The van der Waals surface area contributed by atoms with Crippen molar-refractivity contribution in [3.63, 3.8) is 0 Å². The van der Waals surface area contributed by atoms with Gasteiger partial charge in [-0.25, -0.2) is 4.39 Å². The van der Waals surface area contributed by atoms with E-state index in [4.69, 9.17) is 10.5 Å². The van der Waals surface area contributed by atoms with E-state index in [1.54, 1.807) is 12.1 Å². The monoisotopic (exact) mass is 237 g/mol. The average molecular weight is 237 g/mol. The van der Waals surface area contributed by atoms with E-state index >= 15 is 0 Å². The van der Waals surface area contributed by atoms with Gasteiger partial charge in [0.2, 0.25) is 0 Å². The summed E-state index contributed by atoms with van der Waals surface area (Å²) in [4.78, 5) is 0. The third kappa shape index (κ3) is 3.11. The van der Waals surface area contributed by atoms with Crippen LogP contribution in [0.1, 0.15) is 39.0 Å². The van der Waals surface area contributed by atoms with E-state index < -0.39 is 0 Å². The third-order valence-electron chi connectivity index (χ3n) is 3.62. The second-order valence-corrected chi connectivity index (χ2v) is 4.86. The van der Waals surface area contributed by atoms with Crippen LogP contribution < -0.4 is 10.5 Å². The van der Waals surface area contributed by atoms with Crippen LogP contribution in [0.15, 0.2) is 18.2 Å². The van der Waals surface area contributed by atoms with Gasteiger partial charge in [0, 0.05) is 11.8 Å². The maximum absolute atomic E-state index is 13.5. The van der Waals surface area contributed by atoms with Crippen LogP contribution in [0.3, 0.4) is 0 Å². The topological polar surface area (TPSA) is 35.2 Å². The van der Waals surface area contributed by atoms with Crippen molar-refractivity contribution in [1.29, 1.82) is 0 Å². The molecular formula is C14H20FNO. The summed E-state index contributed by atoms with van der Waals surface area (Å²) in [5.74, 6) is 0.799. The van der Waals surface area contributed by atoms with Crippen molar-refractivity contribution in [2.45, 2.75) is 45.1 Å². The summed E-state index contributed by atoms with van der Waals surface area (Å²) in [6.45, 7) is 2.23. The van der Waals surface area contributed by atoms with Crippen molar-refractivity contribution in [2.24, 2.45) is 5.92 Å². The Labute approximate surface area is 102 Å². The molecule has 1 aromatic carbocycles. The molecule has 3 heteroatoms. The molecule has 0 unspecified atom stereocenters. The fourth-order valence-corrected chi connectivity index (χ4v) is 2.45. The molecule has 94 valence electrons. The van der Waals surface area contributed by atoms with E-state index in [-0.39, 0.29) is 11.9 Å². The summed E-state index contributed by atoms with van der Waals surface area (Å²) in [5.41, 5.74) is 5.94. The summed E-state index contributed by atoms with van der Waals surface area (Å²) in [5, 5.41) is 0. The number of ether oxygens (including phenoxy) is 1. The maximum atomic E-state index is 13.5. The van der Waals surface area contributed by atoms with Crippen LogP contribution in [-0.2, 0) is 0 Å². The molecule has 0 amide bonds. The molecule has 0 saturated heterocycles. The third-order valence-corrected chi connectivity index (χ3v) is 3.62. The second-order valence-electron chi connectivity index (χ2n) is 4.86. The van der Waals surface area contributed by atoms with Gasteiger partial charge in [0.1, 0.15) is 0 Å². The van der Waals surface area contributed by atoms with Crippen molar-refractivity contribution in [2.75, 3.05) is 5.73 Å². The smallest absolute Gasteiger partial charge is 0.167 e. The van der Waals surface area contributed by atoms with Gasteiger partial charge >= 0.3 is 0 Å². The van der Waals surface area contributed by atoms with Gasteiger partial charge in [0.25, 0.3) is 0 Å². The number of hydrogen-bond donors (Lipinski definition) is 1. The molecule has 0 radical (unpaired) electrons. The zero-order chi connectivity index (χ0) is 12.3. The largest absolute Gasteiger partial charge is 0.487 e. The Morgan fingerprint density at radius 3 is 2.59 bits per heavy atom. The van der Waals surface area contributed by atoms with Crippen LogP contribution in [0, 0.1) is 11.7 Å². The molecule has 1 fully saturated rings. The highest BCUT2D eigenvalue weighted by Crippen LogP contribution is 2.30. The van der Waals surface area contributed by atoms with Crippen LogP contribution in [0.5, 0.6) is 5.75 Å². The molecule has 0 atom stereocenters. The summed E-state index contributed by atoms with van der Waals surface area (Å²) < 4.78 is 19.2. The fraction of sp³-hybridized carbons (Fsp3) is 0.571. The zero-order valence-corrected chi connectivity index (χ0v) is 10.3. The van der Waals surface area contributed by atoms with Crippen molar-refractivity contribution >= 4 is 5.69 Å². The lowest BCUT2D eigenvalue weighted by atomic mass is 9.86. The van der Waals surface area contributed by atoms with Crippen LogP contribution in [0.2, 0.25) is 0 Å². The molecule has 17 heavy (non-hydrogen) atoms. The SMILES string of the molecule is CCC1CCC(Oc2ccc(N)cc2F)CC1. The first-order valence-corrected chi connectivity index (χ1v) is 6.40. The highest BCUT2D eigenvalue weighted by atomic mass is 19.1. The molecular weight excluding hydrogens is 217 g/mol. The lowest BCUT2D eigenvalue weighted by molar-refractivity contribution is 0.125. The molecule has 0 spiro atoms. The number of hydrogen-bond acceptors (Lipinski definition) is 2. The van der Waals surface area contributed by atoms with Gasteiger partial charge in [-0.15, -0.1) is 0 Å². The molecule has 1 aromatic rings. The van der Waals surface area contributed by atoms with Crippen molar-refractivity contribution < 1.29 is 9.13 Å². The molecule has 0 aliphatic heterocycles. The fourth-order valence-electron chi connectivity index (χ4n) is 2.45. The van der Waals surface area contributed by atoms with E-state index in [1.807, 2.05) is 0 Å². The lowest BCUT2D eigenvalue weighted by Gasteiger charge is -2.28. The Morgan fingerprint density at radius 2 is 2.00 bits per heavy atom. The number of nitrogens with two attached hydrogens (primary N) is 1. The first-order chi connectivity index (χ1) is 8.19. The van der Waals surface area contributed by atoms with Crippen molar-refractivity contribution in [3.8, 4) is 5.75 Å². The summed E-state index contributed by atoms with van der Waals surface area (Å²) >= 11 is 0. The molecule has 2 nitrogen and oxygen atoms in total. The number of nitrogen functional groups attached to an aromatic ring is 1. The number of halogens is 1. The average Bonchev–Trinajstić information content (AvgIpc) is 2.34. The molecule has 0 bridgehead atoms. The van der Waals surface area contributed by atoms with Crippen LogP contribution >= 0.6 is 0 Å². The molecule has 2 rings (SSSR count).